The highest BCUT2D eigenvalue weighted by molar-refractivity contribution is 5.32. The van der Waals surface area contributed by atoms with Crippen molar-refractivity contribution in [1.29, 1.82) is 0 Å². The van der Waals surface area contributed by atoms with Crippen LogP contribution in [0, 0.1) is 0 Å². The Morgan fingerprint density at radius 1 is 1.36 bits per heavy atom. The van der Waals surface area contributed by atoms with Crippen LogP contribution in [0.2, 0.25) is 0 Å². The van der Waals surface area contributed by atoms with E-state index in [1.807, 2.05) is 20.8 Å². The third-order valence-corrected chi connectivity index (χ3v) is 1.95. The van der Waals surface area contributed by atoms with Crippen LogP contribution in [0.4, 0.5) is 0 Å². The van der Waals surface area contributed by atoms with Crippen LogP contribution in [0.5, 0.6) is 0 Å². The molecule has 0 saturated carbocycles. The van der Waals surface area contributed by atoms with Crippen molar-refractivity contribution >= 4 is 5.65 Å². The Hall–Kier alpha value is -1.72. The standard InChI is InChI=1S/C8H11N5O/c1-8(2,3)12-4-6-9-5-10-11-13(6)7(12)14/h4-5H,1-3H3. The van der Waals surface area contributed by atoms with Gasteiger partial charge in [-0.2, -0.15) is 0 Å². The second kappa shape index (κ2) is 2.63. The van der Waals surface area contributed by atoms with Crippen LogP contribution in [-0.2, 0) is 5.54 Å². The lowest BCUT2D eigenvalue weighted by molar-refractivity contribution is 0.381. The van der Waals surface area contributed by atoms with Crippen molar-refractivity contribution in [3.8, 4) is 0 Å². The fourth-order valence-electron chi connectivity index (χ4n) is 1.24. The van der Waals surface area contributed by atoms with E-state index in [-0.39, 0.29) is 11.2 Å². The van der Waals surface area contributed by atoms with Crippen molar-refractivity contribution in [2.24, 2.45) is 0 Å². The van der Waals surface area contributed by atoms with E-state index >= 15 is 0 Å². The molecule has 0 aliphatic heterocycles. The lowest BCUT2D eigenvalue weighted by Gasteiger charge is -2.18. The van der Waals surface area contributed by atoms with Gasteiger partial charge in [0.15, 0.2) is 5.65 Å². The number of hydrogen-bond donors (Lipinski definition) is 0. The average Bonchev–Trinajstić information content (AvgIpc) is 2.44. The smallest absolute Gasteiger partial charge is 0.290 e. The van der Waals surface area contributed by atoms with Crippen molar-refractivity contribution < 1.29 is 0 Å². The summed E-state index contributed by atoms with van der Waals surface area (Å²) in [6.45, 7) is 5.84. The largest absolute Gasteiger partial charge is 0.352 e. The van der Waals surface area contributed by atoms with Gasteiger partial charge in [0.1, 0.15) is 6.33 Å². The zero-order chi connectivity index (χ0) is 10.3. The number of nitrogens with zero attached hydrogens (tertiary/aromatic N) is 5. The summed E-state index contributed by atoms with van der Waals surface area (Å²) in [7, 11) is 0. The Bertz CT molecular complexity index is 518. The third-order valence-electron chi connectivity index (χ3n) is 1.95. The molecule has 0 spiro atoms. The molecule has 0 aliphatic carbocycles. The minimum absolute atomic E-state index is 0.215. The molecule has 0 aromatic carbocycles. The molecular formula is C8H11N5O. The molecule has 74 valence electrons. The van der Waals surface area contributed by atoms with Gasteiger partial charge in [0.05, 0.1) is 6.20 Å². The van der Waals surface area contributed by atoms with E-state index in [9.17, 15) is 4.79 Å². The summed E-state index contributed by atoms with van der Waals surface area (Å²) in [6.07, 6.45) is 3.00. The highest BCUT2D eigenvalue weighted by atomic mass is 16.2. The van der Waals surface area contributed by atoms with E-state index in [0.717, 1.165) is 0 Å². The molecule has 0 atom stereocenters. The third kappa shape index (κ3) is 1.19. The minimum atomic E-state index is -0.271. The summed E-state index contributed by atoms with van der Waals surface area (Å²) < 4.78 is 2.77. The highest BCUT2D eigenvalue weighted by Gasteiger charge is 2.18. The van der Waals surface area contributed by atoms with E-state index in [0.29, 0.717) is 5.65 Å². The second-order valence-electron chi connectivity index (χ2n) is 4.07. The summed E-state index contributed by atoms with van der Waals surface area (Å²) in [4.78, 5) is 15.7. The first-order valence-electron chi connectivity index (χ1n) is 4.29. The van der Waals surface area contributed by atoms with Gasteiger partial charge in [-0.3, -0.25) is 4.57 Å². The van der Waals surface area contributed by atoms with Gasteiger partial charge in [-0.25, -0.2) is 9.78 Å². The number of fused-ring (bicyclic) bond motifs is 1. The van der Waals surface area contributed by atoms with Crippen LogP contribution in [0.1, 0.15) is 20.8 Å². The van der Waals surface area contributed by atoms with Crippen molar-refractivity contribution in [2.75, 3.05) is 0 Å². The Morgan fingerprint density at radius 2 is 2.07 bits per heavy atom. The summed E-state index contributed by atoms with van der Waals surface area (Å²) in [5.74, 6) is 0. The molecule has 0 aliphatic rings. The molecule has 0 N–H and O–H groups in total. The molecule has 2 aromatic rings. The van der Waals surface area contributed by atoms with Crippen LogP contribution < -0.4 is 5.69 Å². The highest BCUT2D eigenvalue weighted by Crippen LogP contribution is 2.10. The SMILES string of the molecule is CC(C)(C)n1cc2ncnnn2c1=O. The lowest BCUT2D eigenvalue weighted by atomic mass is 10.1. The number of imidazole rings is 1. The topological polar surface area (TPSA) is 65.1 Å². The quantitative estimate of drug-likeness (QED) is 0.592. The van der Waals surface area contributed by atoms with E-state index in [1.165, 1.54) is 10.8 Å². The molecule has 0 bridgehead atoms. The van der Waals surface area contributed by atoms with Gasteiger partial charge in [0.2, 0.25) is 0 Å². The van der Waals surface area contributed by atoms with Crippen LogP contribution in [0.3, 0.4) is 0 Å². The first-order chi connectivity index (χ1) is 6.50. The van der Waals surface area contributed by atoms with Gasteiger partial charge in [0.25, 0.3) is 0 Å². The number of rotatable bonds is 0. The van der Waals surface area contributed by atoms with Gasteiger partial charge < -0.3 is 0 Å². The van der Waals surface area contributed by atoms with Gasteiger partial charge >= 0.3 is 5.69 Å². The van der Waals surface area contributed by atoms with Crippen LogP contribution >= 0.6 is 0 Å². The van der Waals surface area contributed by atoms with Gasteiger partial charge in [0, 0.05) is 5.54 Å². The van der Waals surface area contributed by atoms with E-state index in [2.05, 4.69) is 15.3 Å². The Morgan fingerprint density at radius 3 is 2.64 bits per heavy atom. The van der Waals surface area contributed by atoms with Crippen molar-refractivity contribution in [3.63, 3.8) is 0 Å². The maximum Gasteiger partial charge on any atom is 0.352 e. The van der Waals surface area contributed by atoms with Crippen molar-refractivity contribution in [2.45, 2.75) is 26.3 Å². The van der Waals surface area contributed by atoms with Crippen LogP contribution in [-0.4, -0.2) is 24.4 Å². The van der Waals surface area contributed by atoms with E-state index in [4.69, 9.17) is 0 Å². The Kier molecular flexibility index (Phi) is 1.67. The molecular weight excluding hydrogens is 182 g/mol. The first kappa shape index (κ1) is 8.86. The normalized spacial score (nSPS) is 12.2. The Labute approximate surface area is 80.2 Å². The maximum absolute atomic E-state index is 11.8. The molecule has 6 nitrogen and oxygen atoms in total. The summed E-state index contributed by atoms with van der Waals surface area (Å²) in [5.41, 5.74) is 0.0277. The van der Waals surface area contributed by atoms with Gasteiger partial charge in [-0.15, -0.1) is 9.61 Å². The molecule has 0 unspecified atom stereocenters. The maximum atomic E-state index is 11.8. The first-order valence-corrected chi connectivity index (χ1v) is 4.29. The molecule has 2 aromatic heterocycles. The van der Waals surface area contributed by atoms with Gasteiger partial charge in [-0.1, -0.05) is 5.21 Å². The lowest BCUT2D eigenvalue weighted by Crippen LogP contribution is -2.33. The fourth-order valence-corrected chi connectivity index (χ4v) is 1.24. The average molecular weight is 193 g/mol. The molecule has 0 fully saturated rings. The molecule has 2 heterocycles. The zero-order valence-electron chi connectivity index (χ0n) is 8.30. The monoisotopic (exact) mass is 193 g/mol. The van der Waals surface area contributed by atoms with Crippen LogP contribution in [0.15, 0.2) is 17.3 Å². The minimum Gasteiger partial charge on any atom is -0.290 e. The van der Waals surface area contributed by atoms with E-state index in [1.54, 1.807) is 10.8 Å². The second-order valence-corrected chi connectivity index (χ2v) is 4.07. The number of aromatic nitrogens is 5. The molecule has 0 radical (unpaired) electrons. The Balaban J connectivity index is 2.82. The summed E-state index contributed by atoms with van der Waals surface area (Å²) in [5, 5.41) is 7.24. The predicted molar refractivity (Wildman–Crippen MR) is 50.0 cm³/mol. The molecule has 6 heteroatoms. The predicted octanol–water partition coefficient (Wildman–Crippen LogP) is 0.0410. The molecule has 0 amide bonds. The van der Waals surface area contributed by atoms with Crippen LogP contribution in [0.25, 0.3) is 5.65 Å². The molecule has 14 heavy (non-hydrogen) atoms. The summed E-state index contributed by atoms with van der Waals surface area (Å²) in [6, 6.07) is 0. The number of hydrogen-bond acceptors (Lipinski definition) is 4. The van der Waals surface area contributed by atoms with Gasteiger partial charge in [-0.05, 0) is 20.8 Å². The van der Waals surface area contributed by atoms with Crippen molar-refractivity contribution in [3.05, 3.63) is 23.0 Å². The molecule has 0 saturated heterocycles. The molecule has 2 rings (SSSR count). The summed E-state index contributed by atoms with van der Waals surface area (Å²) >= 11 is 0. The van der Waals surface area contributed by atoms with E-state index < -0.39 is 0 Å². The van der Waals surface area contributed by atoms with Crippen molar-refractivity contribution in [1.82, 2.24) is 24.4 Å². The zero-order valence-corrected chi connectivity index (χ0v) is 8.30. The fraction of sp³-hybridized carbons (Fsp3) is 0.500.